The predicted octanol–water partition coefficient (Wildman–Crippen LogP) is 1.50. The summed E-state index contributed by atoms with van der Waals surface area (Å²) in [7, 11) is 1.73. The van der Waals surface area contributed by atoms with E-state index in [1.165, 1.54) is 16.8 Å². The summed E-state index contributed by atoms with van der Waals surface area (Å²) >= 11 is 0. The van der Waals surface area contributed by atoms with Gasteiger partial charge >= 0.3 is 0 Å². The van der Waals surface area contributed by atoms with Gasteiger partial charge in [-0.25, -0.2) is 0 Å². The summed E-state index contributed by atoms with van der Waals surface area (Å²) in [5, 5.41) is 3.40. The van der Waals surface area contributed by atoms with Gasteiger partial charge < -0.3 is 10.1 Å². The van der Waals surface area contributed by atoms with E-state index >= 15 is 0 Å². The molecule has 2 heterocycles. The number of aromatic nitrogens is 1. The number of ether oxygens (including phenoxy) is 1. The van der Waals surface area contributed by atoms with Gasteiger partial charge in [0.1, 0.15) is 0 Å². The molecule has 0 unspecified atom stereocenters. The molecule has 4 nitrogen and oxygen atoms in total. The molecule has 0 amide bonds. The van der Waals surface area contributed by atoms with E-state index < -0.39 is 0 Å². The Bertz CT molecular complexity index is 420. The zero-order valence-electron chi connectivity index (χ0n) is 12.3. The Morgan fingerprint density at radius 1 is 1.47 bits per heavy atom. The highest BCUT2D eigenvalue weighted by atomic mass is 16.5. The topological polar surface area (TPSA) is 37.4 Å². The smallest absolute Gasteiger partial charge is 0.0587 e. The molecule has 0 fully saturated rings. The molecular formula is C15H25N3O. The number of aryl methyl sites for hydroxylation is 1. The molecule has 0 atom stereocenters. The number of rotatable bonds is 6. The average Bonchev–Trinajstić information content (AvgIpc) is 2.43. The minimum Gasteiger partial charge on any atom is -0.383 e. The fourth-order valence-electron chi connectivity index (χ4n) is 2.53. The van der Waals surface area contributed by atoms with E-state index in [1.807, 2.05) is 0 Å². The first kappa shape index (κ1) is 14.4. The number of hydrogen-bond acceptors (Lipinski definition) is 4. The van der Waals surface area contributed by atoms with Crippen LogP contribution in [0.4, 0.5) is 0 Å². The zero-order valence-corrected chi connectivity index (χ0v) is 12.3. The van der Waals surface area contributed by atoms with E-state index in [1.54, 1.807) is 7.11 Å². The van der Waals surface area contributed by atoms with Crippen LogP contribution in [0, 0.1) is 6.92 Å². The van der Waals surface area contributed by atoms with Crippen molar-refractivity contribution in [3.63, 3.8) is 0 Å². The molecule has 0 aliphatic carbocycles. The summed E-state index contributed by atoms with van der Waals surface area (Å²) < 4.78 is 5.04. The van der Waals surface area contributed by atoms with Gasteiger partial charge in [0.15, 0.2) is 0 Å². The van der Waals surface area contributed by atoms with Crippen LogP contribution in [0.15, 0.2) is 6.07 Å². The quantitative estimate of drug-likeness (QED) is 0.789. The standard InChI is InChI=1S/C15H25N3O/c1-4-18-7-5-15-14(11-18)9-13(12(2)17-15)10-16-6-8-19-3/h9,16H,4-8,10-11H2,1-3H3. The van der Waals surface area contributed by atoms with Crippen LogP contribution in [0.3, 0.4) is 0 Å². The monoisotopic (exact) mass is 263 g/mol. The Morgan fingerprint density at radius 2 is 2.32 bits per heavy atom. The number of fused-ring (bicyclic) bond motifs is 1. The molecule has 4 heteroatoms. The highest BCUT2D eigenvalue weighted by Gasteiger charge is 2.17. The Kier molecular flexibility index (Phi) is 5.31. The fourth-order valence-corrected chi connectivity index (χ4v) is 2.53. The van der Waals surface area contributed by atoms with E-state index in [-0.39, 0.29) is 0 Å². The molecule has 106 valence electrons. The average molecular weight is 263 g/mol. The molecular weight excluding hydrogens is 238 g/mol. The van der Waals surface area contributed by atoms with E-state index in [4.69, 9.17) is 9.72 Å². The van der Waals surface area contributed by atoms with Gasteiger partial charge in [-0.15, -0.1) is 0 Å². The lowest BCUT2D eigenvalue weighted by Gasteiger charge is -2.27. The summed E-state index contributed by atoms with van der Waals surface area (Å²) in [5.74, 6) is 0. The second-order valence-corrected chi connectivity index (χ2v) is 5.13. The third-order valence-corrected chi connectivity index (χ3v) is 3.79. The Hall–Kier alpha value is -0.970. The van der Waals surface area contributed by atoms with Crippen LogP contribution in [0.5, 0.6) is 0 Å². The van der Waals surface area contributed by atoms with Crippen molar-refractivity contribution in [1.82, 2.24) is 15.2 Å². The molecule has 0 saturated heterocycles. The van der Waals surface area contributed by atoms with Gasteiger partial charge in [0, 0.05) is 51.1 Å². The lowest BCUT2D eigenvalue weighted by atomic mass is 10.0. The molecule has 0 bridgehead atoms. The number of nitrogens with one attached hydrogen (secondary N) is 1. The van der Waals surface area contributed by atoms with Gasteiger partial charge in [0.25, 0.3) is 0 Å². The molecule has 19 heavy (non-hydrogen) atoms. The van der Waals surface area contributed by atoms with E-state index in [9.17, 15) is 0 Å². The lowest BCUT2D eigenvalue weighted by Crippen LogP contribution is -2.31. The highest BCUT2D eigenvalue weighted by molar-refractivity contribution is 5.31. The maximum atomic E-state index is 5.04. The van der Waals surface area contributed by atoms with Crippen LogP contribution in [-0.2, 0) is 24.2 Å². The highest BCUT2D eigenvalue weighted by Crippen LogP contribution is 2.20. The molecule has 1 aromatic rings. The molecule has 1 aromatic heterocycles. The molecule has 0 spiro atoms. The largest absolute Gasteiger partial charge is 0.383 e. The predicted molar refractivity (Wildman–Crippen MR) is 77.2 cm³/mol. The number of nitrogens with zero attached hydrogens (tertiary/aromatic N) is 2. The van der Waals surface area contributed by atoms with Crippen molar-refractivity contribution < 1.29 is 4.74 Å². The van der Waals surface area contributed by atoms with Gasteiger partial charge in [-0.1, -0.05) is 6.92 Å². The van der Waals surface area contributed by atoms with E-state index in [2.05, 4.69) is 30.1 Å². The lowest BCUT2D eigenvalue weighted by molar-refractivity contribution is 0.199. The summed E-state index contributed by atoms with van der Waals surface area (Å²) in [5.41, 5.74) is 5.17. The minimum absolute atomic E-state index is 0.751. The van der Waals surface area contributed by atoms with Crippen molar-refractivity contribution in [2.75, 3.05) is 33.4 Å². The van der Waals surface area contributed by atoms with Crippen molar-refractivity contribution in [3.05, 3.63) is 28.6 Å². The summed E-state index contributed by atoms with van der Waals surface area (Å²) in [6, 6.07) is 2.33. The van der Waals surface area contributed by atoms with Crippen LogP contribution in [0.2, 0.25) is 0 Å². The van der Waals surface area contributed by atoms with Crippen molar-refractivity contribution in [3.8, 4) is 0 Å². The van der Waals surface area contributed by atoms with Gasteiger partial charge in [-0.2, -0.15) is 0 Å². The second kappa shape index (κ2) is 6.98. The van der Waals surface area contributed by atoms with Gasteiger partial charge in [-0.05, 0) is 30.7 Å². The molecule has 0 aromatic carbocycles. The maximum absolute atomic E-state index is 5.04. The number of pyridine rings is 1. The first-order chi connectivity index (χ1) is 9.24. The minimum atomic E-state index is 0.751. The Balaban J connectivity index is 2.04. The van der Waals surface area contributed by atoms with Crippen molar-refractivity contribution in [2.24, 2.45) is 0 Å². The summed E-state index contributed by atoms with van der Waals surface area (Å²) in [4.78, 5) is 7.26. The first-order valence-corrected chi connectivity index (χ1v) is 7.15. The fraction of sp³-hybridized carbons (Fsp3) is 0.667. The third-order valence-electron chi connectivity index (χ3n) is 3.79. The number of methoxy groups -OCH3 is 1. The van der Waals surface area contributed by atoms with Crippen molar-refractivity contribution >= 4 is 0 Å². The Morgan fingerprint density at radius 3 is 3.05 bits per heavy atom. The second-order valence-electron chi connectivity index (χ2n) is 5.13. The van der Waals surface area contributed by atoms with Gasteiger partial charge in [-0.3, -0.25) is 9.88 Å². The van der Waals surface area contributed by atoms with Crippen LogP contribution in [0.1, 0.15) is 29.4 Å². The number of likely N-dealkylation sites (N-methyl/N-ethyl adjacent to an activating group) is 1. The van der Waals surface area contributed by atoms with E-state index in [0.29, 0.717) is 0 Å². The van der Waals surface area contributed by atoms with Crippen molar-refractivity contribution in [2.45, 2.75) is 33.4 Å². The maximum Gasteiger partial charge on any atom is 0.0587 e. The summed E-state index contributed by atoms with van der Waals surface area (Å²) in [6.45, 7) is 10.1. The molecule has 1 aliphatic rings. The van der Waals surface area contributed by atoms with Crippen molar-refractivity contribution in [1.29, 1.82) is 0 Å². The number of hydrogen-bond donors (Lipinski definition) is 1. The molecule has 0 saturated carbocycles. The molecule has 0 radical (unpaired) electrons. The van der Waals surface area contributed by atoms with E-state index in [0.717, 1.165) is 51.4 Å². The zero-order chi connectivity index (χ0) is 13.7. The third kappa shape index (κ3) is 3.75. The molecule has 1 N–H and O–H groups in total. The molecule has 1 aliphatic heterocycles. The summed E-state index contributed by atoms with van der Waals surface area (Å²) in [6.07, 6.45) is 1.08. The van der Waals surface area contributed by atoms with Gasteiger partial charge in [0.2, 0.25) is 0 Å². The Labute approximate surface area is 116 Å². The van der Waals surface area contributed by atoms with Crippen LogP contribution >= 0.6 is 0 Å². The van der Waals surface area contributed by atoms with Crippen LogP contribution < -0.4 is 5.32 Å². The van der Waals surface area contributed by atoms with Crippen LogP contribution in [-0.4, -0.2) is 43.2 Å². The normalized spacial score (nSPS) is 15.5. The van der Waals surface area contributed by atoms with Crippen LogP contribution in [0.25, 0.3) is 0 Å². The first-order valence-electron chi connectivity index (χ1n) is 7.15. The van der Waals surface area contributed by atoms with Gasteiger partial charge in [0.05, 0.1) is 6.61 Å². The molecule has 2 rings (SSSR count). The SMILES string of the molecule is CCN1CCc2nc(C)c(CNCCOC)cc2C1.